The number of nitrogens with zero attached hydrogens (tertiary/aromatic N) is 5. The number of nitrogens with one attached hydrogen (secondary N) is 1. The van der Waals surface area contributed by atoms with Gasteiger partial charge >= 0.3 is 0 Å². The minimum absolute atomic E-state index is 0.113. The van der Waals surface area contributed by atoms with Gasteiger partial charge in [-0.05, 0) is 34.4 Å². The lowest BCUT2D eigenvalue weighted by molar-refractivity contribution is 0.607. The second kappa shape index (κ2) is 8.13. The molecule has 0 bridgehead atoms. The number of aromatic amines is 1. The molecule has 0 aliphatic rings. The van der Waals surface area contributed by atoms with Crippen molar-refractivity contribution in [1.82, 2.24) is 30.2 Å². The van der Waals surface area contributed by atoms with Crippen LogP contribution < -0.4 is 5.56 Å². The molecule has 4 heterocycles. The summed E-state index contributed by atoms with van der Waals surface area (Å²) in [6, 6.07) is 14.0. The smallest absolute Gasteiger partial charge is 0.260 e. The Morgan fingerprint density at radius 2 is 2.03 bits per heavy atom. The maximum Gasteiger partial charge on any atom is 0.260 e. The van der Waals surface area contributed by atoms with Gasteiger partial charge in [0.05, 0.1) is 17.2 Å². The highest BCUT2D eigenvalue weighted by Gasteiger charge is 2.19. The fourth-order valence-corrected chi connectivity index (χ4v) is 5.62. The first-order valence-corrected chi connectivity index (χ1v) is 11.8. The summed E-state index contributed by atoms with van der Waals surface area (Å²) in [6.45, 7) is 2.61. The van der Waals surface area contributed by atoms with Gasteiger partial charge in [0.1, 0.15) is 10.7 Å². The lowest BCUT2D eigenvalue weighted by Gasteiger charge is -2.10. The monoisotopic (exact) mass is 452 g/mol. The average molecular weight is 453 g/mol. The van der Waals surface area contributed by atoms with Crippen LogP contribution in [0.5, 0.6) is 0 Å². The number of H-pyrrole nitrogens is 1. The number of hydrogen-bond acceptors (Lipinski definition) is 8. The third-order valence-corrected chi connectivity index (χ3v) is 7.41. The van der Waals surface area contributed by atoms with Crippen LogP contribution in [0.25, 0.3) is 21.3 Å². The minimum atomic E-state index is -0.124. The van der Waals surface area contributed by atoms with E-state index in [1.165, 1.54) is 28.0 Å². The van der Waals surface area contributed by atoms with Crippen molar-refractivity contribution in [2.24, 2.45) is 0 Å². The molecule has 1 unspecified atom stereocenters. The van der Waals surface area contributed by atoms with E-state index in [1.807, 2.05) is 54.1 Å². The van der Waals surface area contributed by atoms with Crippen LogP contribution in [0.15, 0.2) is 63.2 Å². The van der Waals surface area contributed by atoms with Crippen molar-refractivity contribution in [2.45, 2.75) is 23.9 Å². The molecule has 1 atom stereocenters. The molecule has 30 heavy (non-hydrogen) atoms. The number of aromatic nitrogens is 6. The van der Waals surface area contributed by atoms with Crippen molar-refractivity contribution >= 4 is 44.7 Å². The van der Waals surface area contributed by atoms with E-state index >= 15 is 0 Å². The van der Waals surface area contributed by atoms with Gasteiger partial charge in [0.15, 0.2) is 0 Å². The van der Waals surface area contributed by atoms with E-state index in [0.29, 0.717) is 22.9 Å². The normalized spacial score (nSPS) is 12.4. The molecule has 0 saturated carbocycles. The van der Waals surface area contributed by atoms with Gasteiger partial charge in [-0.15, -0.1) is 27.8 Å². The van der Waals surface area contributed by atoms with Crippen LogP contribution in [0, 0.1) is 0 Å². The van der Waals surface area contributed by atoms with Crippen molar-refractivity contribution in [3.05, 3.63) is 74.3 Å². The first kappa shape index (κ1) is 19.2. The summed E-state index contributed by atoms with van der Waals surface area (Å²) in [6.07, 6.45) is 0. The van der Waals surface area contributed by atoms with Gasteiger partial charge in [-0.25, -0.2) is 9.67 Å². The Morgan fingerprint density at radius 1 is 1.17 bits per heavy atom. The third kappa shape index (κ3) is 3.69. The fraction of sp³-hybridized carbons (Fsp3) is 0.150. The van der Waals surface area contributed by atoms with Gasteiger partial charge in [0.25, 0.3) is 5.56 Å². The van der Waals surface area contributed by atoms with Crippen molar-refractivity contribution < 1.29 is 0 Å². The SMILES string of the molecule is CC(Sc1nnnn1Cc1cccs1)c1nc2scc(-c3ccccc3)c2c(=O)[nH]1. The largest absolute Gasteiger partial charge is 0.309 e. The quantitative estimate of drug-likeness (QED) is 0.379. The highest BCUT2D eigenvalue weighted by molar-refractivity contribution is 7.99. The number of rotatable bonds is 6. The highest BCUT2D eigenvalue weighted by atomic mass is 32.2. The molecule has 7 nitrogen and oxygen atoms in total. The Labute approximate surface area is 183 Å². The van der Waals surface area contributed by atoms with E-state index in [9.17, 15) is 4.79 Å². The molecule has 0 amide bonds. The zero-order chi connectivity index (χ0) is 20.5. The Kier molecular flexibility index (Phi) is 5.19. The number of hydrogen-bond donors (Lipinski definition) is 1. The molecule has 5 rings (SSSR count). The molecule has 0 aliphatic carbocycles. The number of fused-ring (bicyclic) bond motifs is 1. The number of thioether (sulfide) groups is 1. The number of thiophene rings is 2. The lowest BCUT2D eigenvalue weighted by atomic mass is 10.1. The Hall–Kier alpha value is -2.82. The fourth-order valence-electron chi connectivity index (χ4n) is 3.13. The summed E-state index contributed by atoms with van der Waals surface area (Å²) in [7, 11) is 0. The topological polar surface area (TPSA) is 89.3 Å². The standard InChI is InChI=1S/C20H16N6OS3/c1-12(30-20-23-24-25-26(20)10-14-8-5-9-28-14)17-21-18(27)16-15(11-29-19(16)22-17)13-6-3-2-4-7-13/h2-9,11-12H,10H2,1H3,(H,21,22,27). The maximum atomic E-state index is 12.9. The summed E-state index contributed by atoms with van der Waals surface area (Å²) >= 11 is 4.62. The van der Waals surface area contributed by atoms with Crippen molar-refractivity contribution in [3.8, 4) is 11.1 Å². The van der Waals surface area contributed by atoms with E-state index in [4.69, 9.17) is 4.98 Å². The van der Waals surface area contributed by atoms with Crippen LogP contribution in [0.3, 0.4) is 0 Å². The van der Waals surface area contributed by atoms with Gasteiger partial charge in [-0.2, -0.15) is 0 Å². The third-order valence-electron chi connectivity index (χ3n) is 4.60. The molecule has 1 N–H and O–H groups in total. The van der Waals surface area contributed by atoms with Crippen LogP contribution in [0.1, 0.15) is 22.9 Å². The van der Waals surface area contributed by atoms with Crippen molar-refractivity contribution in [3.63, 3.8) is 0 Å². The molecule has 150 valence electrons. The van der Waals surface area contributed by atoms with E-state index in [-0.39, 0.29) is 10.8 Å². The molecule has 0 fully saturated rings. The summed E-state index contributed by atoms with van der Waals surface area (Å²) in [4.78, 5) is 22.5. The summed E-state index contributed by atoms with van der Waals surface area (Å²) in [5.41, 5.74) is 1.80. The molecule has 0 spiro atoms. The summed E-state index contributed by atoms with van der Waals surface area (Å²) in [5, 5.41) is 17.3. The number of tetrazole rings is 1. The summed E-state index contributed by atoms with van der Waals surface area (Å²) < 4.78 is 1.77. The van der Waals surface area contributed by atoms with Crippen LogP contribution in [0.2, 0.25) is 0 Å². The van der Waals surface area contributed by atoms with E-state index in [0.717, 1.165) is 16.0 Å². The van der Waals surface area contributed by atoms with E-state index in [1.54, 1.807) is 16.0 Å². The van der Waals surface area contributed by atoms with Gasteiger partial charge in [0.2, 0.25) is 5.16 Å². The predicted molar refractivity (Wildman–Crippen MR) is 121 cm³/mol. The van der Waals surface area contributed by atoms with Crippen LogP contribution in [-0.2, 0) is 6.54 Å². The van der Waals surface area contributed by atoms with E-state index < -0.39 is 0 Å². The van der Waals surface area contributed by atoms with Gasteiger partial charge in [-0.1, -0.05) is 48.2 Å². The van der Waals surface area contributed by atoms with Crippen LogP contribution >= 0.6 is 34.4 Å². The minimum Gasteiger partial charge on any atom is -0.309 e. The average Bonchev–Trinajstić information content (AvgIpc) is 3.51. The Balaban J connectivity index is 1.43. The van der Waals surface area contributed by atoms with Crippen LogP contribution in [-0.4, -0.2) is 30.2 Å². The zero-order valence-corrected chi connectivity index (χ0v) is 18.3. The zero-order valence-electron chi connectivity index (χ0n) is 15.8. The van der Waals surface area contributed by atoms with Gasteiger partial charge in [0, 0.05) is 15.8 Å². The molecule has 0 saturated heterocycles. The molecular formula is C20H16N6OS3. The van der Waals surface area contributed by atoms with Crippen LogP contribution in [0.4, 0.5) is 0 Å². The first-order chi connectivity index (χ1) is 14.7. The molecule has 0 radical (unpaired) electrons. The van der Waals surface area contributed by atoms with Crippen molar-refractivity contribution in [1.29, 1.82) is 0 Å². The molecule has 1 aromatic carbocycles. The van der Waals surface area contributed by atoms with Gasteiger partial charge < -0.3 is 4.98 Å². The maximum absolute atomic E-state index is 12.9. The second-order valence-corrected chi connectivity index (χ2v) is 9.80. The molecule has 5 aromatic rings. The second-order valence-electron chi connectivity index (χ2n) is 6.61. The van der Waals surface area contributed by atoms with Crippen molar-refractivity contribution in [2.75, 3.05) is 0 Å². The molecule has 4 aromatic heterocycles. The predicted octanol–water partition coefficient (Wildman–Crippen LogP) is 4.60. The number of benzene rings is 1. The molecular weight excluding hydrogens is 436 g/mol. The van der Waals surface area contributed by atoms with E-state index in [2.05, 4.69) is 26.6 Å². The Bertz CT molecular complexity index is 1340. The summed E-state index contributed by atoms with van der Waals surface area (Å²) in [5.74, 6) is 0.615. The van der Waals surface area contributed by atoms with Gasteiger partial charge in [-0.3, -0.25) is 4.79 Å². The lowest BCUT2D eigenvalue weighted by Crippen LogP contribution is -2.13. The Morgan fingerprint density at radius 3 is 2.83 bits per heavy atom. The molecule has 10 heteroatoms. The molecule has 0 aliphatic heterocycles. The first-order valence-electron chi connectivity index (χ1n) is 9.21. The highest BCUT2D eigenvalue weighted by Crippen LogP contribution is 2.34.